The SMILES string of the molecule is CC(O)CC(C)(C)CNC(=O)NC1CCC(C(=O)O)CC1. The lowest BCUT2D eigenvalue weighted by atomic mass is 9.86. The maximum absolute atomic E-state index is 11.9. The molecule has 0 spiro atoms. The highest BCUT2D eigenvalue weighted by molar-refractivity contribution is 5.74. The Kier molecular flexibility index (Phi) is 6.45. The summed E-state index contributed by atoms with van der Waals surface area (Å²) in [5.74, 6) is -1.01. The Balaban J connectivity index is 2.27. The molecule has 1 atom stereocenters. The molecule has 0 aromatic carbocycles. The van der Waals surface area contributed by atoms with E-state index in [-0.39, 0.29) is 23.4 Å². The number of carbonyl (C=O) groups is 2. The zero-order valence-electron chi connectivity index (χ0n) is 13.2. The molecule has 0 aliphatic heterocycles. The van der Waals surface area contributed by atoms with Gasteiger partial charge in [-0.25, -0.2) is 4.79 Å². The first-order valence-electron chi connectivity index (χ1n) is 7.65. The number of amides is 2. The number of aliphatic hydroxyl groups excluding tert-OH is 1. The van der Waals surface area contributed by atoms with Gasteiger partial charge in [-0.2, -0.15) is 0 Å². The number of urea groups is 1. The first kappa shape index (κ1) is 17.8. The molecule has 0 radical (unpaired) electrons. The number of nitrogens with one attached hydrogen (secondary N) is 2. The predicted octanol–water partition coefficient (Wildman–Crippen LogP) is 1.73. The molecule has 0 bridgehead atoms. The summed E-state index contributed by atoms with van der Waals surface area (Å²) < 4.78 is 0. The molecule has 21 heavy (non-hydrogen) atoms. The molecule has 0 aromatic rings. The third kappa shape index (κ3) is 6.80. The van der Waals surface area contributed by atoms with E-state index in [1.165, 1.54) is 0 Å². The van der Waals surface area contributed by atoms with Gasteiger partial charge in [0, 0.05) is 12.6 Å². The standard InChI is InChI=1S/C15H28N2O4/c1-10(18)8-15(2,3)9-16-14(21)17-12-6-4-11(5-7-12)13(19)20/h10-12,18H,4-9H2,1-3H3,(H,19,20)(H2,16,17,21). The summed E-state index contributed by atoms with van der Waals surface area (Å²) >= 11 is 0. The smallest absolute Gasteiger partial charge is 0.315 e. The third-order valence-electron chi connectivity index (χ3n) is 3.99. The Morgan fingerprint density at radius 3 is 2.29 bits per heavy atom. The maximum Gasteiger partial charge on any atom is 0.315 e. The van der Waals surface area contributed by atoms with Gasteiger partial charge < -0.3 is 20.8 Å². The van der Waals surface area contributed by atoms with Crippen molar-refractivity contribution in [1.82, 2.24) is 10.6 Å². The zero-order valence-corrected chi connectivity index (χ0v) is 13.2. The van der Waals surface area contributed by atoms with Crippen LogP contribution in [0.3, 0.4) is 0 Å². The zero-order chi connectivity index (χ0) is 16.0. The molecule has 1 rings (SSSR count). The molecule has 0 heterocycles. The van der Waals surface area contributed by atoms with Gasteiger partial charge in [0.1, 0.15) is 0 Å². The minimum absolute atomic E-state index is 0.0560. The Morgan fingerprint density at radius 2 is 1.81 bits per heavy atom. The Hall–Kier alpha value is -1.30. The number of hydrogen-bond donors (Lipinski definition) is 4. The fraction of sp³-hybridized carbons (Fsp3) is 0.867. The van der Waals surface area contributed by atoms with Gasteiger partial charge in [-0.15, -0.1) is 0 Å². The number of aliphatic carboxylic acids is 1. The van der Waals surface area contributed by atoms with E-state index in [1.54, 1.807) is 6.92 Å². The summed E-state index contributed by atoms with van der Waals surface area (Å²) in [5, 5.41) is 24.1. The van der Waals surface area contributed by atoms with Crippen molar-refractivity contribution in [2.75, 3.05) is 6.54 Å². The molecule has 1 aliphatic carbocycles. The Bertz CT molecular complexity index is 361. The van der Waals surface area contributed by atoms with Crippen molar-refractivity contribution in [3.05, 3.63) is 0 Å². The first-order valence-corrected chi connectivity index (χ1v) is 7.65. The average molecular weight is 300 g/mol. The molecular weight excluding hydrogens is 272 g/mol. The summed E-state index contributed by atoms with van der Waals surface area (Å²) in [7, 11) is 0. The molecule has 6 nitrogen and oxygen atoms in total. The average Bonchev–Trinajstić information content (AvgIpc) is 2.36. The van der Waals surface area contributed by atoms with E-state index in [4.69, 9.17) is 5.11 Å². The maximum atomic E-state index is 11.9. The number of aliphatic hydroxyl groups is 1. The van der Waals surface area contributed by atoms with E-state index in [0.29, 0.717) is 38.6 Å². The number of hydrogen-bond acceptors (Lipinski definition) is 3. The highest BCUT2D eigenvalue weighted by Gasteiger charge is 2.27. The second kappa shape index (κ2) is 7.64. The molecule has 122 valence electrons. The van der Waals surface area contributed by atoms with Crippen LogP contribution in [-0.4, -0.2) is 40.9 Å². The van der Waals surface area contributed by atoms with Crippen LogP contribution in [0.15, 0.2) is 0 Å². The highest BCUT2D eigenvalue weighted by Crippen LogP contribution is 2.24. The van der Waals surface area contributed by atoms with E-state index >= 15 is 0 Å². The van der Waals surface area contributed by atoms with Crippen molar-refractivity contribution in [1.29, 1.82) is 0 Å². The summed E-state index contributed by atoms with van der Waals surface area (Å²) in [4.78, 5) is 22.7. The molecule has 0 aromatic heterocycles. The van der Waals surface area contributed by atoms with Gasteiger partial charge in [0.15, 0.2) is 0 Å². The summed E-state index contributed by atoms with van der Waals surface area (Å²) in [6.07, 6.45) is 2.89. The van der Waals surface area contributed by atoms with Gasteiger partial charge in [0.05, 0.1) is 12.0 Å². The Labute approximate surface area is 126 Å². The lowest BCUT2D eigenvalue weighted by Gasteiger charge is -2.29. The van der Waals surface area contributed by atoms with Gasteiger partial charge in [0.2, 0.25) is 0 Å². The number of carbonyl (C=O) groups excluding carboxylic acids is 1. The first-order chi connectivity index (χ1) is 9.69. The molecule has 0 saturated heterocycles. The predicted molar refractivity (Wildman–Crippen MR) is 80.0 cm³/mol. The van der Waals surface area contributed by atoms with Gasteiger partial charge in [-0.1, -0.05) is 13.8 Å². The van der Waals surface area contributed by atoms with Crippen LogP contribution < -0.4 is 10.6 Å². The number of carboxylic acid groups (broad SMARTS) is 1. The molecule has 2 amide bonds. The summed E-state index contributed by atoms with van der Waals surface area (Å²) in [6, 6.07) is -0.159. The second-order valence-electron chi connectivity index (χ2n) is 6.93. The van der Waals surface area contributed by atoms with Crippen molar-refractivity contribution in [3.8, 4) is 0 Å². The van der Waals surface area contributed by atoms with E-state index in [9.17, 15) is 14.7 Å². The summed E-state index contributed by atoms with van der Waals surface area (Å²) in [5.41, 5.74) is -0.160. The molecule has 1 fully saturated rings. The van der Waals surface area contributed by atoms with Gasteiger partial charge in [0.25, 0.3) is 0 Å². The van der Waals surface area contributed by atoms with Gasteiger partial charge >= 0.3 is 12.0 Å². The molecular formula is C15H28N2O4. The van der Waals surface area contributed by atoms with E-state index in [2.05, 4.69) is 10.6 Å². The van der Waals surface area contributed by atoms with E-state index in [1.807, 2.05) is 13.8 Å². The number of carboxylic acids is 1. The molecule has 1 aliphatic rings. The topological polar surface area (TPSA) is 98.7 Å². The van der Waals surface area contributed by atoms with E-state index in [0.717, 1.165) is 0 Å². The normalized spacial score (nSPS) is 24.2. The summed E-state index contributed by atoms with van der Waals surface area (Å²) in [6.45, 7) is 6.23. The van der Waals surface area contributed by atoms with Crippen molar-refractivity contribution < 1.29 is 19.8 Å². The minimum Gasteiger partial charge on any atom is -0.481 e. The molecule has 4 N–H and O–H groups in total. The molecule has 1 unspecified atom stereocenters. The fourth-order valence-corrected chi connectivity index (χ4v) is 2.91. The minimum atomic E-state index is -0.738. The van der Waals surface area contributed by atoms with Crippen molar-refractivity contribution in [2.24, 2.45) is 11.3 Å². The van der Waals surface area contributed by atoms with Crippen LogP contribution in [0.5, 0.6) is 0 Å². The van der Waals surface area contributed by atoms with Crippen molar-refractivity contribution in [3.63, 3.8) is 0 Å². The van der Waals surface area contributed by atoms with Crippen molar-refractivity contribution >= 4 is 12.0 Å². The molecule has 1 saturated carbocycles. The van der Waals surface area contributed by atoms with Crippen LogP contribution in [0.4, 0.5) is 4.79 Å². The van der Waals surface area contributed by atoms with Crippen LogP contribution >= 0.6 is 0 Å². The highest BCUT2D eigenvalue weighted by atomic mass is 16.4. The third-order valence-corrected chi connectivity index (χ3v) is 3.99. The molecule has 6 heteroatoms. The quantitative estimate of drug-likeness (QED) is 0.600. The second-order valence-corrected chi connectivity index (χ2v) is 6.93. The van der Waals surface area contributed by atoms with Crippen LogP contribution in [-0.2, 0) is 4.79 Å². The lowest BCUT2D eigenvalue weighted by Crippen LogP contribution is -2.46. The van der Waals surface area contributed by atoms with Gasteiger partial charge in [-0.05, 0) is 44.4 Å². The van der Waals surface area contributed by atoms with Crippen LogP contribution in [0.25, 0.3) is 0 Å². The Morgan fingerprint density at radius 1 is 1.24 bits per heavy atom. The van der Waals surface area contributed by atoms with Crippen LogP contribution in [0.1, 0.15) is 52.9 Å². The lowest BCUT2D eigenvalue weighted by molar-refractivity contribution is -0.142. The van der Waals surface area contributed by atoms with Crippen LogP contribution in [0, 0.1) is 11.3 Å². The van der Waals surface area contributed by atoms with E-state index < -0.39 is 12.1 Å². The van der Waals surface area contributed by atoms with Gasteiger partial charge in [-0.3, -0.25) is 4.79 Å². The fourth-order valence-electron chi connectivity index (χ4n) is 2.91. The van der Waals surface area contributed by atoms with Crippen LogP contribution in [0.2, 0.25) is 0 Å². The van der Waals surface area contributed by atoms with Crippen molar-refractivity contribution in [2.45, 2.75) is 65.0 Å². The monoisotopic (exact) mass is 300 g/mol. The number of rotatable bonds is 6. The largest absolute Gasteiger partial charge is 0.481 e.